The van der Waals surface area contributed by atoms with E-state index in [4.69, 9.17) is 4.74 Å². The van der Waals surface area contributed by atoms with Crippen LogP contribution in [0.15, 0.2) is 22.7 Å². The van der Waals surface area contributed by atoms with E-state index >= 15 is 0 Å². The summed E-state index contributed by atoms with van der Waals surface area (Å²) in [5.74, 6) is 0. The summed E-state index contributed by atoms with van der Waals surface area (Å²) in [6.07, 6.45) is 2.15. The lowest BCUT2D eigenvalue weighted by atomic mass is 9.94. The maximum atomic E-state index is 9.28. The summed E-state index contributed by atoms with van der Waals surface area (Å²) in [5.41, 5.74) is 1.58. The van der Waals surface area contributed by atoms with Gasteiger partial charge in [-0.3, -0.25) is 0 Å². The number of benzene rings is 1. The number of nitriles is 1. The van der Waals surface area contributed by atoms with Crippen molar-refractivity contribution < 1.29 is 4.74 Å². The van der Waals surface area contributed by atoms with Gasteiger partial charge in [-0.15, -0.1) is 0 Å². The standard InChI is InChI=1S/C14H17BrN2O/c1-14(18-2)7-4-8-17(10-14)13-6-3-5-12(15)11(13)9-16/h3,5-6H,4,7-8,10H2,1-2H3. The summed E-state index contributed by atoms with van der Waals surface area (Å²) < 4.78 is 6.45. The first-order valence-electron chi connectivity index (χ1n) is 6.08. The summed E-state index contributed by atoms with van der Waals surface area (Å²) in [6.45, 7) is 3.93. The minimum atomic E-state index is -0.118. The fourth-order valence-electron chi connectivity index (χ4n) is 2.46. The number of anilines is 1. The fraction of sp³-hybridized carbons (Fsp3) is 0.500. The number of hydrogen-bond donors (Lipinski definition) is 0. The zero-order valence-electron chi connectivity index (χ0n) is 10.7. The minimum Gasteiger partial charge on any atom is -0.377 e. The number of rotatable bonds is 2. The van der Waals surface area contributed by atoms with E-state index in [1.54, 1.807) is 7.11 Å². The molecule has 1 aliphatic rings. The van der Waals surface area contributed by atoms with Gasteiger partial charge in [-0.2, -0.15) is 5.26 Å². The van der Waals surface area contributed by atoms with Gasteiger partial charge in [0.05, 0.1) is 16.9 Å². The topological polar surface area (TPSA) is 36.3 Å². The highest BCUT2D eigenvalue weighted by atomic mass is 79.9. The smallest absolute Gasteiger partial charge is 0.103 e. The lowest BCUT2D eigenvalue weighted by Gasteiger charge is -2.41. The van der Waals surface area contributed by atoms with Gasteiger partial charge in [-0.1, -0.05) is 6.07 Å². The van der Waals surface area contributed by atoms with Crippen molar-refractivity contribution >= 4 is 21.6 Å². The molecule has 0 N–H and O–H groups in total. The summed E-state index contributed by atoms with van der Waals surface area (Å²) in [7, 11) is 1.76. The second kappa shape index (κ2) is 5.29. The van der Waals surface area contributed by atoms with Crippen molar-refractivity contribution in [2.45, 2.75) is 25.4 Å². The largest absolute Gasteiger partial charge is 0.377 e. The van der Waals surface area contributed by atoms with Crippen molar-refractivity contribution in [2.75, 3.05) is 25.1 Å². The molecule has 1 fully saturated rings. The summed E-state index contributed by atoms with van der Waals surface area (Å²) >= 11 is 3.44. The van der Waals surface area contributed by atoms with Gasteiger partial charge >= 0.3 is 0 Å². The van der Waals surface area contributed by atoms with Gasteiger partial charge in [0.2, 0.25) is 0 Å². The van der Waals surface area contributed by atoms with Crippen molar-refractivity contribution in [2.24, 2.45) is 0 Å². The Hall–Kier alpha value is -1.05. The summed E-state index contributed by atoms with van der Waals surface area (Å²) in [4.78, 5) is 2.25. The predicted molar refractivity (Wildman–Crippen MR) is 75.7 cm³/mol. The van der Waals surface area contributed by atoms with Crippen LogP contribution in [0, 0.1) is 11.3 Å². The molecule has 4 heteroatoms. The molecular formula is C14H17BrN2O. The summed E-state index contributed by atoms with van der Waals surface area (Å²) in [5, 5.41) is 9.28. The van der Waals surface area contributed by atoms with Crippen LogP contribution in [0.5, 0.6) is 0 Å². The molecule has 0 aliphatic carbocycles. The molecule has 0 spiro atoms. The highest BCUT2D eigenvalue weighted by molar-refractivity contribution is 9.10. The van der Waals surface area contributed by atoms with Crippen LogP contribution < -0.4 is 4.90 Å². The van der Waals surface area contributed by atoms with Crippen LogP contribution in [0.4, 0.5) is 5.69 Å². The van der Waals surface area contributed by atoms with E-state index in [2.05, 4.69) is 33.8 Å². The van der Waals surface area contributed by atoms with Crippen LogP contribution >= 0.6 is 15.9 Å². The van der Waals surface area contributed by atoms with E-state index in [1.807, 2.05) is 18.2 Å². The molecule has 18 heavy (non-hydrogen) atoms. The van der Waals surface area contributed by atoms with Crippen molar-refractivity contribution in [3.05, 3.63) is 28.2 Å². The molecule has 1 aromatic carbocycles. The van der Waals surface area contributed by atoms with Gasteiger partial charge in [0, 0.05) is 24.7 Å². The highest BCUT2D eigenvalue weighted by Crippen LogP contribution is 2.32. The van der Waals surface area contributed by atoms with Gasteiger partial charge < -0.3 is 9.64 Å². The quantitative estimate of drug-likeness (QED) is 0.841. The Kier molecular flexibility index (Phi) is 3.94. The molecule has 1 saturated heterocycles. The van der Waals surface area contributed by atoms with Crippen molar-refractivity contribution in [1.82, 2.24) is 0 Å². The fourth-order valence-corrected chi connectivity index (χ4v) is 2.91. The Labute approximate surface area is 116 Å². The van der Waals surface area contributed by atoms with Crippen molar-refractivity contribution in [3.8, 4) is 6.07 Å². The second-order valence-corrected chi connectivity index (χ2v) is 5.78. The van der Waals surface area contributed by atoms with Crippen LogP contribution in [0.1, 0.15) is 25.3 Å². The number of piperidine rings is 1. The first-order valence-corrected chi connectivity index (χ1v) is 6.88. The van der Waals surface area contributed by atoms with E-state index in [0.717, 1.165) is 36.1 Å². The molecule has 2 rings (SSSR count). The van der Waals surface area contributed by atoms with Gasteiger partial charge in [-0.05, 0) is 47.8 Å². The number of nitrogens with zero attached hydrogens (tertiary/aromatic N) is 2. The molecule has 0 saturated carbocycles. The van der Waals surface area contributed by atoms with Gasteiger partial charge in [0.25, 0.3) is 0 Å². The number of halogens is 1. The maximum Gasteiger partial charge on any atom is 0.103 e. The lowest BCUT2D eigenvalue weighted by Crippen LogP contribution is -2.47. The zero-order valence-corrected chi connectivity index (χ0v) is 12.3. The van der Waals surface area contributed by atoms with E-state index in [1.165, 1.54) is 0 Å². The van der Waals surface area contributed by atoms with Crippen molar-refractivity contribution in [3.63, 3.8) is 0 Å². The minimum absolute atomic E-state index is 0.118. The number of methoxy groups -OCH3 is 1. The molecule has 1 unspecified atom stereocenters. The molecule has 0 radical (unpaired) electrons. The first kappa shape index (κ1) is 13.4. The molecule has 1 aromatic rings. The van der Waals surface area contributed by atoms with Crippen molar-refractivity contribution in [1.29, 1.82) is 5.26 Å². The van der Waals surface area contributed by atoms with Gasteiger partial charge in [0.15, 0.2) is 0 Å². The SMILES string of the molecule is COC1(C)CCCN(c2cccc(Br)c2C#N)C1. The molecule has 1 atom stereocenters. The number of ether oxygens (including phenoxy) is 1. The molecule has 1 heterocycles. The molecular weight excluding hydrogens is 292 g/mol. The van der Waals surface area contributed by atoms with E-state index in [9.17, 15) is 5.26 Å². The molecule has 1 aliphatic heterocycles. The lowest BCUT2D eigenvalue weighted by molar-refractivity contribution is -0.00466. The highest BCUT2D eigenvalue weighted by Gasteiger charge is 2.31. The molecule has 0 bridgehead atoms. The third-order valence-electron chi connectivity index (χ3n) is 3.60. The van der Waals surface area contributed by atoms with Gasteiger partial charge in [0.1, 0.15) is 6.07 Å². The average molecular weight is 309 g/mol. The monoisotopic (exact) mass is 308 g/mol. The van der Waals surface area contributed by atoms with E-state index < -0.39 is 0 Å². The van der Waals surface area contributed by atoms with Crippen LogP contribution in [0.3, 0.4) is 0 Å². The molecule has 0 amide bonds. The molecule has 0 aromatic heterocycles. The summed E-state index contributed by atoms with van der Waals surface area (Å²) in [6, 6.07) is 8.16. The molecule has 96 valence electrons. The third kappa shape index (κ3) is 2.52. The number of hydrogen-bond acceptors (Lipinski definition) is 3. The first-order chi connectivity index (χ1) is 8.59. The van der Waals surface area contributed by atoms with E-state index in [0.29, 0.717) is 5.56 Å². The van der Waals surface area contributed by atoms with Crippen LogP contribution in [-0.2, 0) is 4.74 Å². The molecule has 3 nitrogen and oxygen atoms in total. The third-order valence-corrected chi connectivity index (χ3v) is 4.26. The Balaban J connectivity index is 2.32. The van der Waals surface area contributed by atoms with E-state index in [-0.39, 0.29) is 5.60 Å². The Morgan fingerprint density at radius 1 is 1.50 bits per heavy atom. The second-order valence-electron chi connectivity index (χ2n) is 4.92. The van der Waals surface area contributed by atoms with Crippen LogP contribution in [-0.4, -0.2) is 25.8 Å². The van der Waals surface area contributed by atoms with Crippen LogP contribution in [0.2, 0.25) is 0 Å². The Morgan fingerprint density at radius 3 is 2.94 bits per heavy atom. The average Bonchev–Trinajstić information content (AvgIpc) is 2.38. The normalized spacial score (nSPS) is 23.8. The Morgan fingerprint density at radius 2 is 2.28 bits per heavy atom. The Bertz CT molecular complexity index is 483. The van der Waals surface area contributed by atoms with Gasteiger partial charge in [-0.25, -0.2) is 0 Å². The zero-order chi connectivity index (χ0) is 13.2. The predicted octanol–water partition coefficient (Wildman–Crippen LogP) is 3.33. The maximum absolute atomic E-state index is 9.28. The van der Waals surface area contributed by atoms with Crippen LogP contribution in [0.25, 0.3) is 0 Å².